The van der Waals surface area contributed by atoms with Gasteiger partial charge in [-0.2, -0.15) is 13.0 Å². The fraction of sp³-hybridized carbons (Fsp3) is 0.312. The molecule has 130 valence electrons. The summed E-state index contributed by atoms with van der Waals surface area (Å²) in [6.45, 7) is 0.273. The zero-order chi connectivity index (χ0) is 17.6. The van der Waals surface area contributed by atoms with Gasteiger partial charge in [-0.15, -0.1) is 0 Å². The van der Waals surface area contributed by atoms with Crippen LogP contribution in [0.4, 0.5) is 0 Å². The second-order valence-corrected chi connectivity index (χ2v) is 7.25. The van der Waals surface area contributed by atoms with Crippen LogP contribution in [-0.2, 0) is 23.1 Å². The average Bonchev–Trinajstić information content (AvgIpc) is 2.52. The third-order valence-electron chi connectivity index (χ3n) is 3.33. The average molecular weight is 373 g/mol. The number of aliphatic hydroxyl groups excluding tert-OH is 1. The lowest BCUT2D eigenvalue weighted by molar-refractivity contribution is -0.710. The molecule has 1 aromatic carbocycles. The minimum atomic E-state index is -4.03. The molecule has 1 unspecified atom stereocenters. The Kier molecular flexibility index (Phi) is 6.56. The maximum absolute atomic E-state index is 10.9. The molecule has 0 bridgehead atoms. The Balaban J connectivity index is 1.96. The van der Waals surface area contributed by atoms with Crippen LogP contribution in [0.25, 0.3) is 0 Å². The molecule has 0 amide bonds. The minimum Gasteiger partial charge on any atom is -0.489 e. The number of hydrogen-bond donors (Lipinski definition) is 2. The number of aromatic nitrogens is 1. The standard InChI is InChI=1S/C16H18ClNO5S/c17-15-6-1-2-7-16(15)23-12-14(19)11-18-9-4-3-5-13(18)8-10-24(20,21)22/h1-7,9,14,19H,8,10-12H2/p+1. The van der Waals surface area contributed by atoms with Crippen LogP contribution in [0.2, 0.25) is 5.02 Å². The highest BCUT2D eigenvalue weighted by Gasteiger charge is 2.18. The van der Waals surface area contributed by atoms with Gasteiger partial charge >= 0.3 is 0 Å². The van der Waals surface area contributed by atoms with E-state index in [1.54, 1.807) is 53.2 Å². The van der Waals surface area contributed by atoms with Crippen LogP contribution in [0.5, 0.6) is 5.75 Å². The van der Waals surface area contributed by atoms with Crippen molar-refractivity contribution in [3.63, 3.8) is 0 Å². The fourth-order valence-electron chi connectivity index (χ4n) is 2.18. The van der Waals surface area contributed by atoms with Gasteiger partial charge < -0.3 is 9.84 Å². The molecule has 0 radical (unpaired) electrons. The van der Waals surface area contributed by atoms with Crippen LogP contribution in [0.1, 0.15) is 5.69 Å². The number of halogens is 1. The van der Waals surface area contributed by atoms with Crippen molar-refractivity contribution in [2.75, 3.05) is 12.4 Å². The molecule has 0 fully saturated rings. The van der Waals surface area contributed by atoms with E-state index < -0.39 is 16.2 Å². The number of para-hydroxylation sites is 1. The Hall–Kier alpha value is -1.67. The van der Waals surface area contributed by atoms with Crippen molar-refractivity contribution in [3.05, 3.63) is 59.4 Å². The molecular weight excluding hydrogens is 354 g/mol. The molecule has 0 saturated carbocycles. The summed E-state index contributed by atoms with van der Waals surface area (Å²) >= 11 is 5.98. The first-order valence-electron chi connectivity index (χ1n) is 7.33. The number of aryl methyl sites for hydroxylation is 1. The number of rotatable bonds is 8. The Labute approximate surface area is 146 Å². The number of hydrogen-bond acceptors (Lipinski definition) is 4. The lowest BCUT2D eigenvalue weighted by Gasteiger charge is -2.12. The molecule has 2 aromatic rings. The number of aliphatic hydroxyl groups is 1. The summed E-state index contributed by atoms with van der Waals surface area (Å²) in [4.78, 5) is 0. The molecule has 6 nitrogen and oxygen atoms in total. The highest BCUT2D eigenvalue weighted by Crippen LogP contribution is 2.23. The van der Waals surface area contributed by atoms with Gasteiger partial charge in [0, 0.05) is 18.6 Å². The van der Waals surface area contributed by atoms with Gasteiger partial charge in [-0.05, 0) is 12.1 Å². The largest absolute Gasteiger partial charge is 0.489 e. The Bertz CT molecular complexity index is 782. The zero-order valence-electron chi connectivity index (χ0n) is 12.9. The van der Waals surface area contributed by atoms with Crippen LogP contribution in [0.3, 0.4) is 0 Å². The number of nitrogens with zero attached hydrogens (tertiary/aromatic N) is 1. The SMILES string of the molecule is O=S(=O)(O)CCc1cccc[n+]1CC(O)COc1ccccc1Cl. The van der Waals surface area contributed by atoms with Crippen LogP contribution in [-0.4, -0.2) is 36.5 Å². The van der Waals surface area contributed by atoms with E-state index in [0.29, 0.717) is 16.5 Å². The quantitative estimate of drug-likeness (QED) is 0.541. The maximum Gasteiger partial charge on any atom is 0.265 e. The van der Waals surface area contributed by atoms with Crippen molar-refractivity contribution in [2.45, 2.75) is 19.1 Å². The van der Waals surface area contributed by atoms with E-state index in [4.69, 9.17) is 20.9 Å². The first kappa shape index (κ1) is 18.7. The lowest BCUT2D eigenvalue weighted by Crippen LogP contribution is -2.45. The number of pyridine rings is 1. The van der Waals surface area contributed by atoms with Gasteiger partial charge in [-0.25, -0.2) is 0 Å². The summed E-state index contributed by atoms with van der Waals surface area (Å²) in [5, 5.41) is 10.6. The van der Waals surface area contributed by atoms with Crippen molar-refractivity contribution in [3.8, 4) is 5.75 Å². The third-order valence-corrected chi connectivity index (χ3v) is 4.36. The summed E-state index contributed by atoms with van der Waals surface area (Å²) < 4.78 is 37.9. The fourth-order valence-corrected chi connectivity index (χ4v) is 2.84. The molecule has 2 N–H and O–H groups in total. The van der Waals surface area contributed by atoms with Crippen molar-refractivity contribution in [1.82, 2.24) is 0 Å². The smallest absolute Gasteiger partial charge is 0.265 e. The molecule has 0 aliphatic heterocycles. The Morgan fingerprint density at radius 3 is 2.58 bits per heavy atom. The van der Waals surface area contributed by atoms with Gasteiger partial charge in [-0.3, -0.25) is 4.55 Å². The second kappa shape index (κ2) is 8.43. The molecule has 0 aliphatic rings. The maximum atomic E-state index is 10.9. The Morgan fingerprint density at radius 1 is 1.17 bits per heavy atom. The van der Waals surface area contributed by atoms with Gasteiger partial charge in [-0.1, -0.05) is 29.8 Å². The van der Waals surface area contributed by atoms with Gasteiger partial charge in [0.2, 0.25) is 0 Å². The van der Waals surface area contributed by atoms with Gasteiger partial charge in [0.15, 0.2) is 18.4 Å². The monoisotopic (exact) mass is 372 g/mol. The van der Waals surface area contributed by atoms with Crippen LogP contribution >= 0.6 is 11.6 Å². The van der Waals surface area contributed by atoms with E-state index in [1.807, 2.05) is 0 Å². The summed E-state index contributed by atoms with van der Waals surface area (Å²) in [7, 11) is -4.03. The highest BCUT2D eigenvalue weighted by molar-refractivity contribution is 7.85. The normalized spacial score (nSPS) is 12.8. The van der Waals surface area contributed by atoms with E-state index >= 15 is 0 Å². The molecule has 8 heteroatoms. The van der Waals surface area contributed by atoms with Crippen molar-refractivity contribution < 1.29 is 27.4 Å². The topological polar surface area (TPSA) is 87.7 Å². The first-order valence-corrected chi connectivity index (χ1v) is 9.32. The molecule has 24 heavy (non-hydrogen) atoms. The highest BCUT2D eigenvalue weighted by atomic mass is 35.5. The number of ether oxygens (including phenoxy) is 1. The molecule has 2 rings (SSSR count). The molecule has 1 aromatic heterocycles. The van der Waals surface area contributed by atoms with Crippen molar-refractivity contribution in [1.29, 1.82) is 0 Å². The molecule has 1 heterocycles. The second-order valence-electron chi connectivity index (χ2n) is 5.28. The van der Waals surface area contributed by atoms with Crippen LogP contribution in [0, 0.1) is 0 Å². The summed E-state index contributed by atoms with van der Waals surface area (Å²) in [6.07, 6.45) is 1.08. The van der Waals surface area contributed by atoms with Crippen molar-refractivity contribution >= 4 is 21.7 Å². The first-order chi connectivity index (χ1) is 11.3. The van der Waals surface area contributed by atoms with E-state index in [9.17, 15) is 13.5 Å². The van der Waals surface area contributed by atoms with Crippen LogP contribution in [0.15, 0.2) is 48.7 Å². The molecule has 0 saturated heterocycles. The molecule has 1 atom stereocenters. The summed E-state index contributed by atoms with van der Waals surface area (Å²) in [5.74, 6) is 0.117. The summed E-state index contributed by atoms with van der Waals surface area (Å²) in [6, 6.07) is 12.3. The zero-order valence-corrected chi connectivity index (χ0v) is 14.4. The lowest BCUT2D eigenvalue weighted by atomic mass is 10.2. The van der Waals surface area contributed by atoms with E-state index in [2.05, 4.69) is 0 Å². The van der Waals surface area contributed by atoms with Gasteiger partial charge in [0.05, 0.1) is 10.8 Å². The van der Waals surface area contributed by atoms with Gasteiger partial charge in [0.25, 0.3) is 10.1 Å². The number of benzene rings is 1. The van der Waals surface area contributed by atoms with E-state index in [1.165, 1.54) is 0 Å². The third kappa shape index (κ3) is 6.09. The minimum absolute atomic E-state index is 0.0450. The van der Waals surface area contributed by atoms with Crippen LogP contribution < -0.4 is 9.30 Å². The van der Waals surface area contributed by atoms with E-state index in [-0.39, 0.29) is 25.3 Å². The predicted octanol–water partition coefficient (Wildman–Crippen LogP) is 1.50. The van der Waals surface area contributed by atoms with E-state index in [0.717, 1.165) is 0 Å². The Morgan fingerprint density at radius 2 is 1.88 bits per heavy atom. The summed E-state index contributed by atoms with van der Waals surface area (Å²) in [5.41, 5.74) is 0.687. The molecule has 0 aliphatic carbocycles. The molecular formula is C16H19ClNO5S+. The van der Waals surface area contributed by atoms with Crippen molar-refractivity contribution in [2.24, 2.45) is 0 Å². The van der Waals surface area contributed by atoms with Gasteiger partial charge in [0.1, 0.15) is 18.5 Å². The predicted molar refractivity (Wildman–Crippen MR) is 89.7 cm³/mol. The molecule has 0 spiro atoms.